The third kappa shape index (κ3) is 21.2. The van der Waals surface area contributed by atoms with Gasteiger partial charge in [0.1, 0.15) is 48.8 Å². The summed E-state index contributed by atoms with van der Waals surface area (Å²) in [5.41, 5.74) is 0. The lowest BCUT2D eigenvalue weighted by Crippen LogP contribution is -2.65. The van der Waals surface area contributed by atoms with E-state index in [-0.39, 0.29) is 18.9 Å². The standard InChI is InChI=1S/C45H81NO13/c1-3-5-7-9-11-13-15-17-18-20-22-24-26-28-34(49)33(46-37(50)29-27-25-23-21-19-16-14-12-10-8-6-4-2)32-56-44-42(55)40(53)43(36(31-48)58-44)59-45-41(54)39(52)38(51)35(30-47)57-45/h12,14,18,20,26,28,33-36,38-45,47-49,51-55H,3-11,13,15-17,19,21-25,27,29-32H2,1-2H3,(H,46,50)/b14-12-,20-18+,28-26+. The number of amides is 1. The smallest absolute Gasteiger partial charge is 0.220 e. The Balaban J connectivity index is 1.93. The van der Waals surface area contributed by atoms with Gasteiger partial charge in [-0.05, 0) is 57.8 Å². The fourth-order valence-electron chi connectivity index (χ4n) is 7.24. The van der Waals surface area contributed by atoms with E-state index in [0.717, 1.165) is 51.4 Å². The molecule has 1 amide bonds. The van der Waals surface area contributed by atoms with Crippen molar-refractivity contribution in [2.45, 2.75) is 222 Å². The van der Waals surface area contributed by atoms with Crippen molar-refractivity contribution in [1.29, 1.82) is 0 Å². The molecule has 2 aliphatic rings. The molecule has 12 unspecified atom stereocenters. The number of nitrogens with one attached hydrogen (secondary N) is 1. The summed E-state index contributed by atoms with van der Waals surface area (Å²) in [5.74, 6) is -0.263. The van der Waals surface area contributed by atoms with Gasteiger partial charge in [0.15, 0.2) is 12.6 Å². The monoisotopic (exact) mass is 844 g/mol. The van der Waals surface area contributed by atoms with Gasteiger partial charge >= 0.3 is 0 Å². The number of carbonyl (C=O) groups is 1. The molecule has 2 aliphatic heterocycles. The van der Waals surface area contributed by atoms with Crippen molar-refractivity contribution in [3.05, 3.63) is 36.5 Å². The van der Waals surface area contributed by atoms with Gasteiger partial charge in [-0.2, -0.15) is 0 Å². The summed E-state index contributed by atoms with van der Waals surface area (Å²) in [6, 6.07) is -0.931. The third-order valence-electron chi connectivity index (χ3n) is 11.0. The second kappa shape index (κ2) is 32.9. The largest absolute Gasteiger partial charge is 0.394 e. The number of aliphatic hydroxyl groups is 8. The zero-order valence-electron chi connectivity index (χ0n) is 36.0. The van der Waals surface area contributed by atoms with Crippen molar-refractivity contribution in [2.75, 3.05) is 19.8 Å². The average molecular weight is 844 g/mol. The van der Waals surface area contributed by atoms with E-state index in [4.69, 9.17) is 18.9 Å². The molecule has 2 saturated heterocycles. The Bertz CT molecular complexity index is 1140. The van der Waals surface area contributed by atoms with E-state index in [0.29, 0.717) is 12.8 Å². The first-order valence-corrected chi connectivity index (χ1v) is 22.7. The Hall–Kier alpha value is -1.79. The topological polar surface area (TPSA) is 228 Å². The number of aliphatic hydroxyl groups excluding tert-OH is 8. The highest BCUT2D eigenvalue weighted by Crippen LogP contribution is 2.30. The van der Waals surface area contributed by atoms with Crippen molar-refractivity contribution < 1.29 is 64.6 Å². The van der Waals surface area contributed by atoms with E-state index < -0.39 is 86.8 Å². The minimum Gasteiger partial charge on any atom is -0.394 e. The molecule has 12 atom stereocenters. The molecule has 2 heterocycles. The lowest BCUT2D eigenvalue weighted by molar-refractivity contribution is -0.359. The quantitative estimate of drug-likeness (QED) is 0.0331. The second-order valence-electron chi connectivity index (χ2n) is 16.2. The first kappa shape index (κ1) is 53.3. The molecule has 14 nitrogen and oxygen atoms in total. The molecule has 0 spiro atoms. The lowest BCUT2D eigenvalue weighted by atomic mass is 9.97. The van der Waals surface area contributed by atoms with E-state index >= 15 is 0 Å². The maximum Gasteiger partial charge on any atom is 0.220 e. The molecule has 0 saturated carbocycles. The summed E-state index contributed by atoms with van der Waals surface area (Å²) in [6.45, 7) is 2.69. The fourth-order valence-corrected chi connectivity index (χ4v) is 7.24. The Kier molecular flexibility index (Phi) is 29.7. The van der Waals surface area contributed by atoms with Gasteiger partial charge in [0.25, 0.3) is 0 Å². The van der Waals surface area contributed by atoms with Crippen LogP contribution in [0.1, 0.15) is 149 Å². The Morgan fingerprint density at radius 1 is 0.593 bits per heavy atom. The molecule has 0 aliphatic carbocycles. The van der Waals surface area contributed by atoms with E-state index in [1.807, 2.05) is 6.08 Å². The van der Waals surface area contributed by atoms with E-state index in [1.54, 1.807) is 6.08 Å². The summed E-state index contributed by atoms with van der Waals surface area (Å²) in [5, 5.41) is 86.4. The number of ether oxygens (including phenoxy) is 4. The van der Waals surface area contributed by atoms with Crippen molar-refractivity contribution in [2.24, 2.45) is 0 Å². The van der Waals surface area contributed by atoms with Crippen LogP contribution in [0.4, 0.5) is 0 Å². The maximum absolute atomic E-state index is 13.1. The van der Waals surface area contributed by atoms with Gasteiger partial charge in [-0.15, -0.1) is 0 Å². The molecule has 59 heavy (non-hydrogen) atoms. The van der Waals surface area contributed by atoms with Crippen LogP contribution in [0.3, 0.4) is 0 Å². The molecule has 2 rings (SSSR count). The van der Waals surface area contributed by atoms with E-state index in [2.05, 4.69) is 43.5 Å². The number of allylic oxidation sites excluding steroid dienone is 5. The molecule has 0 radical (unpaired) electrons. The third-order valence-corrected chi connectivity index (χ3v) is 11.0. The normalized spacial score (nSPS) is 28.8. The van der Waals surface area contributed by atoms with Crippen LogP contribution in [-0.2, 0) is 23.7 Å². The molecule has 0 bridgehead atoms. The SMILES string of the molecule is CCCCC/C=C\CCCCCCCC(=O)NC(COC1OC(CO)C(OC2OC(CO)C(O)C(O)C2O)C(O)C1O)C(O)/C=C/CC/C=C/CCCCCCCCC. The second-order valence-corrected chi connectivity index (χ2v) is 16.2. The highest BCUT2D eigenvalue weighted by atomic mass is 16.7. The zero-order valence-corrected chi connectivity index (χ0v) is 36.0. The molecule has 0 aromatic heterocycles. The minimum absolute atomic E-state index is 0.263. The lowest BCUT2D eigenvalue weighted by Gasteiger charge is -2.46. The predicted molar refractivity (Wildman–Crippen MR) is 226 cm³/mol. The number of hydrogen-bond acceptors (Lipinski definition) is 13. The van der Waals surface area contributed by atoms with Gasteiger partial charge in [0.2, 0.25) is 5.91 Å². The highest BCUT2D eigenvalue weighted by Gasteiger charge is 2.50. The number of carbonyl (C=O) groups excluding carboxylic acids is 1. The van der Waals surface area contributed by atoms with Crippen LogP contribution in [0.5, 0.6) is 0 Å². The summed E-state index contributed by atoms with van der Waals surface area (Å²) < 4.78 is 22.6. The van der Waals surface area contributed by atoms with Crippen molar-refractivity contribution in [3.8, 4) is 0 Å². The number of rotatable bonds is 33. The van der Waals surface area contributed by atoms with Crippen LogP contribution < -0.4 is 5.32 Å². The van der Waals surface area contributed by atoms with Crippen LogP contribution >= 0.6 is 0 Å². The minimum atomic E-state index is -1.79. The van der Waals surface area contributed by atoms with Crippen molar-refractivity contribution in [3.63, 3.8) is 0 Å². The molecule has 0 aromatic carbocycles. The number of hydrogen-bond donors (Lipinski definition) is 9. The summed E-state index contributed by atoms with van der Waals surface area (Å²) in [7, 11) is 0. The van der Waals surface area contributed by atoms with Crippen LogP contribution in [0.15, 0.2) is 36.5 Å². The van der Waals surface area contributed by atoms with E-state index in [9.17, 15) is 45.6 Å². The molecule has 14 heteroatoms. The first-order valence-electron chi connectivity index (χ1n) is 22.7. The van der Waals surface area contributed by atoms with Crippen LogP contribution in [0, 0.1) is 0 Å². The maximum atomic E-state index is 13.1. The fraction of sp³-hybridized carbons (Fsp3) is 0.844. The van der Waals surface area contributed by atoms with Gasteiger partial charge in [-0.3, -0.25) is 4.79 Å². The highest BCUT2D eigenvalue weighted by molar-refractivity contribution is 5.76. The average Bonchev–Trinajstić information content (AvgIpc) is 3.23. The van der Waals surface area contributed by atoms with Gasteiger partial charge in [0.05, 0.1) is 32.0 Å². The van der Waals surface area contributed by atoms with Gasteiger partial charge in [-0.25, -0.2) is 0 Å². The van der Waals surface area contributed by atoms with Crippen LogP contribution in [0.2, 0.25) is 0 Å². The summed E-state index contributed by atoms with van der Waals surface area (Å²) in [6.07, 6.45) is 17.7. The molecule has 2 fully saturated rings. The summed E-state index contributed by atoms with van der Waals surface area (Å²) in [4.78, 5) is 13.1. The van der Waals surface area contributed by atoms with Crippen molar-refractivity contribution >= 4 is 5.91 Å². The van der Waals surface area contributed by atoms with Crippen LogP contribution in [-0.4, -0.2) is 140 Å². The molecular formula is C45H81NO13. The van der Waals surface area contributed by atoms with Gasteiger partial charge < -0.3 is 65.1 Å². The van der Waals surface area contributed by atoms with Crippen LogP contribution in [0.25, 0.3) is 0 Å². The van der Waals surface area contributed by atoms with Gasteiger partial charge in [0, 0.05) is 6.42 Å². The predicted octanol–water partition coefficient (Wildman–Crippen LogP) is 4.37. The van der Waals surface area contributed by atoms with Crippen molar-refractivity contribution in [1.82, 2.24) is 5.32 Å². The Labute approximate surface area is 353 Å². The summed E-state index contributed by atoms with van der Waals surface area (Å²) >= 11 is 0. The van der Waals surface area contributed by atoms with Gasteiger partial charge in [-0.1, -0.05) is 121 Å². The Morgan fingerprint density at radius 2 is 1.08 bits per heavy atom. The first-order chi connectivity index (χ1) is 28.6. The Morgan fingerprint density at radius 3 is 1.69 bits per heavy atom. The molecule has 344 valence electrons. The zero-order chi connectivity index (χ0) is 43.3. The molecular weight excluding hydrogens is 762 g/mol. The molecule has 0 aromatic rings. The van der Waals surface area contributed by atoms with E-state index in [1.165, 1.54) is 64.2 Å². The molecule has 9 N–H and O–H groups in total. The number of unbranched alkanes of at least 4 members (excludes halogenated alkanes) is 16.